The van der Waals surface area contributed by atoms with E-state index in [0.29, 0.717) is 26.0 Å². The quantitative estimate of drug-likeness (QED) is 0.702. The first kappa shape index (κ1) is 18.6. The number of hydrogen-bond donors (Lipinski definition) is 0. The number of rotatable bonds is 9. The van der Waals surface area contributed by atoms with Crippen molar-refractivity contribution in [2.45, 2.75) is 12.8 Å². The van der Waals surface area contributed by atoms with Crippen molar-refractivity contribution < 1.29 is 19.0 Å². The van der Waals surface area contributed by atoms with Crippen LogP contribution in [0.15, 0.2) is 48.5 Å². The fraction of sp³-hybridized carbons (Fsp3) is 0.350. The Morgan fingerprint density at radius 1 is 0.880 bits per heavy atom. The molecule has 0 N–H and O–H groups in total. The molecule has 2 aromatic carbocycles. The zero-order valence-electron chi connectivity index (χ0n) is 15.0. The van der Waals surface area contributed by atoms with Crippen molar-refractivity contribution in [2.24, 2.45) is 0 Å². The van der Waals surface area contributed by atoms with E-state index in [1.807, 2.05) is 48.5 Å². The molecule has 0 aromatic heterocycles. The van der Waals surface area contributed by atoms with Crippen LogP contribution in [0.3, 0.4) is 0 Å². The molecule has 0 unspecified atom stereocenters. The molecule has 0 heterocycles. The number of carbonyl (C=O) groups is 1. The number of carbonyl (C=O) groups excluding carboxylic acids is 1. The van der Waals surface area contributed by atoms with Gasteiger partial charge in [-0.15, -0.1) is 0 Å². The maximum Gasteiger partial charge on any atom is 0.222 e. The molecule has 2 aromatic rings. The highest BCUT2D eigenvalue weighted by molar-refractivity contribution is 5.76. The lowest BCUT2D eigenvalue weighted by Crippen LogP contribution is -2.31. The summed E-state index contributed by atoms with van der Waals surface area (Å²) in [5.74, 6) is 2.48. The summed E-state index contributed by atoms with van der Waals surface area (Å²) in [6.45, 7) is 1.00. The van der Waals surface area contributed by atoms with E-state index >= 15 is 0 Å². The van der Waals surface area contributed by atoms with Crippen LogP contribution in [-0.2, 0) is 11.2 Å². The molecule has 0 aliphatic rings. The molecule has 0 bridgehead atoms. The summed E-state index contributed by atoms with van der Waals surface area (Å²) < 4.78 is 15.9. The topological polar surface area (TPSA) is 48.0 Å². The summed E-state index contributed by atoms with van der Waals surface area (Å²) in [7, 11) is 5.07. The van der Waals surface area contributed by atoms with Gasteiger partial charge in [0.25, 0.3) is 0 Å². The average molecular weight is 343 g/mol. The van der Waals surface area contributed by atoms with Crippen molar-refractivity contribution in [3.8, 4) is 17.2 Å². The summed E-state index contributed by atoms with van der Waals surface area (Å²) >= 11 is 0. The minimum absolute atomic E-state index is 0.106. The first-order valence-electron chi connectivity index (χ1n) is 8.26. The molecular formula is C20H25NO4. The van der Waals surface area contributed by atoms with Crippen LogP contribution in [0.4, 0.5) is 0 Å². The first-order valence-corrected chi connectivity index (χ1v) is 8.26. The molecule has 0 radical (unpaired) electrons. The van der Waals surface area contributed by atoms with Gasteiger partial charge in [-0.3, -0.25) is 4.79 Å². The average Bonchev–Trinajstić information content (AvgIpc) is 2.66. The van der Waals surface area contributed by atoms with Crippen LogP contribution in [0.2, 0.25) is 0 Å². The molecule has 5 heteroatoms. The van der Waals surface area contributed by atoms with Gasteiger partial charge in [0.2, 0.25) is 5.91 Å². The zero-order chi connectivity index (χ0) is 18.1. The van der Waals surface area contributed by atoms with E-state index in [2.05, 4.69) is 0 Å². The van der Waals surface area contributed by atoms with Gasteiger partial charge in [-0.2, -0.15) is 0 Å². The van der Waals surface area contributed by atoms with Gasteiger partial charge in [0.15, 0.2) is 0 Å². The lowest BCUT2D eigenvalue weighted by molar-refractivity contribution is -0.130. The first-order chi connectivity index (χ1) is 12.1. The highest BCUT2D eigenvalue weighted by Gasteiger charge is 2.09. The Hall–Kier alpha value is -2.69. The van der Waals surface area contributed by atoms with Crippen molar-refractivity contribution in [1.82, 2.24) is 4.90 Å². The maximum absolute atomic E-state index is 12.2. The van der Waals surface area contributed by atoms with E-state index < -0.39 is 0 Å². The molecule has 0 spiro atoms. The van der Waals surface area contributed by atoms with Crippen molar-refractivity contribution in [2.75, 3.05) is 34.4 Å². The Balaban J connectivity index is 1.70. The monoisotopic (exact) mass is 343 g/mol. The molecule has 2 rings (SSSR count). The van der Waals surface area contributed by atoms with Gasteiger partial charge in [-0.25, -0.2) is 0 Å². The van der Waals surface area contributed by atoms with Crippen LogP contribution >= 0.6 is 0 Å². The highest BCUT2D eigenvalue weighted by Crippen LogP contribution is 2.17. The van der Waals surface area contributed by atoms with Crippen LogP contribution in [0.5, 0.6) is 17.2 Å². The van der Waals surface area contributed by atoms with Gasteiger partial charge in [-0.05, 0) is 48.4 Å². The molecular weight excluding hydrogens is 318 g/mol. The molecule has 0 saturated heterocycles. The molecule has 25 heavy (non-hydrogen) atoms. The summed E-state index contributed by atoms with van der Waals surface area (Å²) in [5, 5.41) is 0. The molecule has 0 aliphatic heterocycles. The second-order valence-corrected chi connectivity index (χ2v) is 5.69. The smallest absolute Gasteiger partial charge is 0.222 e. The molecule has 0 fully saturated rings. The fourth-order valence-corrected chi connectivity index (χ4v) is 2.33. The van der Waals surface area contributed by atoms with Crippen molar-refractivity contribution in [3.63, 3.8) is 0 Å². The van der Waals surface area contributed by atoms with E-state index in [0.717, 1.165) is 22.8 Å². The Labute approximate surface area is 149 Å². The summed E-state index contributed by atoms with van der Waals surface area (Å²) in [6, 6.07) is 15.2. The van der Waals surface area contributed by atoms with E-state index in [9.17, 15) is 4.79 Å². The second-order valence-electron chi connectivity index (χ2n) is 5.69. The number of aryl methyl sites for hydroxylation is 1. The highest BCUT2D eigenvalue weighted by atomic mass is 16.5. The lowest BCUT2D eigenvalue weighted by Gasteiger charge is -2.17. The molecule has 5 nitrogen and oxygen atoms in total. The number of nitrogens with zero attached hydrogens (tertiary/aromatic N) is 1. The number of ether oxygens (including phenoxy) is 3. The van der Waals surface area contributed by atoms with Crippen LogP contribution in [0, 0.1) is 0 Å². The lowest BCUT2D eigenvalue weighted by atomic mass is 10.1. The van der Waals surface area contributed by atoms with Crippen LogP contribution in [0.1, 0.15) is 12.0 Å². The molecule has 1 amide bonds. The van der Waals surface area contributed by atoms with Crippen molar-refractivity contribution in [3.05, 3.63) is 54.1 Å². The van der Waals surface area contributed by atoms with Gasteiger partial charge in [0.05, 0.1) is 20.8 Å². The van der Waals surface area contributed by atoms with E-state index in [4.69, 9.17) is 14.2 Å². The van der Waals surface area contributed by atoms with E-state index in [1.54, 1.807) is 26.2 Å². The summed E-state index contributed by atoms with van der Waals surface area (Å²) in [6.07, 6.45) is 1.19. The molecule has 0 atom stereocenters. The SMILES string of the molecule is COc1ccc(CCC(=O)N(C)CCOc2ccc(OC)cc2)cc1. The summed E-state index contributed by atoms with van der Waals surface area (Å²) in [4.78, 5) is 13.9. The zero-order valence-corrected chi connectivity index (χ0v) is 15.0. The number of hydrogen-bond acceptors (Lipinski definition) is 4. The van der Waals surface area contributed by atoms with E-state index in [-0.39, 0.29) is 5.91 Å². The van der Waals surface area contributed by atoms with Crippen LogP contribution in [-0.4, -0.2) is 45.2 Å². The van der Waals surface area contributed by atoms with Crippen molar-refractivity contribution in [1.29, 1.82) is 0 Å². The summed E-state index contributed by atoms with van der Waals surface area (Å²) in [5.41, 5.74) is 1.12. The molecule has 134 valence electrons. The number of likely N-dealkylation sites (N-methyl/N-ethyl adjacent to an activating group) is 1. The molecule has 0 aliphatic carbocycles. The normalized spacial score (nSPS) is 10.2. The van der Waals surface area contributed by atoms with Gasteiger partial charge < -0.3 is 19.1 Å². The van der Waals surface area contributed by atoms with Crippen molar-refractivity contribution >= 4 is 5.91 Å². The standard InChI is InChI=1S/C20H25NO4/c1-21(14-15-25-19-11-9-18(24-3)10-12-19)20(22)13-6-16-4-7-17(23-2)8-5-16/h4-5,7-12H,6,13-15H2,1-3H3. The number of methoxy groups -OCH3 is 2. The second kappa shape index (κ2) is 9.57. The fourth-order valence-electron chi connectivity index (χ4n) is 2.33. The molecule has 0 saturated carbocycles. The van der Waals surface area contributed by atoms with Crippen LogP contribution < -0.4 is 14.2 Å². The Bertz CT molecular complexity index is 652. The maximum atomic E-state index is 12.2. The Morgan fingerprint density at radius 3 is 1.96 bits per heavy atom. The predicted molar refractivity (Wildman–Crippen MR) is 97.4 cm³/mol. The Kier molecular flexibility index (Phi) is 7.14. The number of benzene rings is 2. The van der Waals surface area contributed by atoms with Gasteiger partial charge in [0.1, 0.15) is 23.9 Å². The third kappa shape index (κ3) is 6.03. The van der Waals surface area contributed by atoms with Gasteiger partial charge in [-0.1, -0.05) is 12.1 Å². The van der Waals surface area contributed by atoms with Gasteiger partial charge >= 0.3 is 0 Å². The van der Waals surface area contributed by atoms with E-state index in [1.165, 1.54) is 0 Å². The largest absolute Gasteiger partial charge is 0.497 e. The predicted octanol–water partition coefficient (Wildman–Crippen LogP) is 3.17. The third-order valence-electron chi connectivity index (χ3n) is 3.97. The third-order valence-corrected chi connectivity index (χ3v) is 3.97. The van der Waals surface area contributed by atoms with Crippen LogP contribution in [0.25, 0.3) is 0 Å². The van der Waals surface area contributed by atoms with Gasteiger partial charge in [0, 0.05) is 13.5 Å². The number of amides is 1. The minimum Gasteiger partial charge on any atom is -0.497 e. The minimum atomic E-state index is 0.106. The Morgan fingerprint density at radius 2 is 1.40 bits per heavy atom.